The second-order valence-electron chi connectivity index (χ2n) is 8.82. The van der Waals surface area contributed by atoms with Crippen molar-refractivity contribution in [3.8, 4) is 5.75 Å². The molecule has 0 unspecified atom stereocenters. The molecule has 1 N–H and O–H groups in total. The minimum absolute atomic E-state index is 0.0799. The second-order valence-corrected chi connectivity index (χ2v) is 8.82. The lowest BCUT2D eigenvalue weighted by Crippen LogP contribution is -2.33. The maximum Gasteiger partial charge on any atom is 0.321 e. The first-order valence-electron chi connectivity index (χ1n) is 10.9. The molecule has 31 heavy (non-hydrogen) atoms. The van der Waals surface area contributed by atoms with Crippen LogP contribution in [0.3, 0.4) is 0 Å². The molecular formula is C24H31N5O2. The van der Waals surface area contributed by atoms with Crippen molar-refractivity contribution in [2.24, 2.45) is 11.8 Å². The van der Waals surface area contributed by atoms with Crippen LogP contribution in [0.4, 0.5) is 10.5 Å². The van der Waals surface area contributed by atoms with E-state index in [0.717, 1.165) is 55.0 Å². The van der Waals surface area contributed by atoms with Crippen molar-refractivity contribution < 1.29 is 9.53 Å². The quantitative estimate of drug-likeness (QED) is 0.636. The van der Waals surface area contributed by atoms with Crippen LogP contribution in [-0.4, -0.2) is 45.7 Å². The number of hydrogen-bond acceptors (Lipinski definition) is 4. The molecule has 1 aliphatic heterocycles. The van der Waals surface area contributed by atoms with Crippen LogP contribution in [0.1, 0.15) is 31.7 Å². The highest BCUT2D eigenvalue weighted by molar-refractivity contribution is 5.91. The van der Waals surface area contributed by atoms with Gasteiger partial charge >= 0.3 is 6.03 Å². The number of likely N-dealkylation sites (tertiary alicyclic amines) is 1. The minimum atomic E-state index is -0.0799. The Morgan fingerprint density at radius 2 is 2.16 bits per heavy atom. The molecule has 0 saturated carbocycles. The van der Waals surface area contributed by atoms with Crippen LogP contribution in [0.2, 0.25) is 0 Å². The number of hydrogen-bond donors (Lipinski definition) is 1. The highest BCUT2D eigenvalue weighted by Gasteiger charge is 2.28. The SMILES string of the molecule is COc1ccc(C)cc1NC(=O)N1CC[C@H](Cc2nc3cccnc3n2CC(C)C)C1. The summed E-state index contributed by atoms with van der Waals surface area (Å²) in [4.78, 5) is 24.2. The van der Waals surface area contributed by atoms with Gasteiger partial charge in [-0.2, -0.15) is 0 Å². The van der Waals surface area contributed by atoms with Crippen molar-refractivity contribution in [3.05, 3.63) is 47.9 Å². The number of carbonyl (C=O) groups excluding carboxylic acids is 1. The molecule has 3 heterocycles. The number of methoxy groups -OCH3 is 1. The van der Waals surface area contributed by atoms with E-state index in [0.29, 0.717) is 23.3 Å². The van der Waals surface area contributed by atoms with Crippen molar-refractivity contribution in [1.82, 2.24) is 19.4 Å². The number of amides is 2. The number of nitrogens with one attached hydrogen (secondary N) is 1. The molecule has 1 aliphatic rings. The molecule has 0 spiro atoms. The number of aryl methyl sites for hydroxylation is 1. The van der Waals surface area contributed by atoms with E-state index in [2.05, 4.69) is 28.7 Å². The zero-order chi connectivity index (χ0) is 22.0. The fraction of sp³-hybridized carbons (Fsp3) is 0.458. The molecule has 1 fully saturated rings. The van der Waals surface area contributed by atoms with Crippen LogP contribution in [0, 0.1) is 18.8 Å². The molecule has 0 aliphatic carbocycles. The summed E-state index contributed by atoms with van der Waals surface area (Å²) in [6, 6.07) is 9.66. The van der Waals surface area contributed by atoms with Gasteiger partial charge in [0, 0.05) is 32.3 Å². The van der Waals surface area contributed by atoms with Crippen LogP contribution in [-0.2, 0) is 13.0 Å². The monoisotopic (exact) mass is 421 g/mol. The van der Waals surface area contributed by atoms with Gasteiger partial charge in [-0.3, -0.25) is 0 Å². The van der Waals surface area contributed by atoms with E-state index in [4.69, 9.17) is 9.72 Å². The van der Waals surface area contributed by atoms with Gasteiger partial charge in [0.25, 0.3) is 0 Å². The lowest BCUT2D eigenvalue weighted by molar-refractivity contribution is 0.220. The lowest BCUT2D eigenvalue weighted by Gasteiger charge is -2.19. The maximum atomic E-state index is 12.9. The van der Waals surface area contributed by atoms with E-state index in [-0.39, 0.29) is 6.03 Å². The van der Waals surface area contributed by atoms with E-state index in [9.17, 15) is 4.79 Å². The summed E-state index contributed by atoms with van der Waals surface area (Å²) in [5.41, 5.74) is 3.68. The number of pyridine rings is 1. The van der Waals surface area contributed by atoms with Crippen LogP contribution < -0.4 is 10.1 Å². The zero-order valence-electron chi connectivity index (χ0n) is 18.8. The summed E-state index contributed by atoms with van der Waals surface area (Å²) < 4.78 is 7.64. The molecule has 0 radical (unpaired) electrons. The molecule has 1 atom stereocenters. The molecule has 2 aromatic heterocycles. The van der Waals surface area contributed by atoms with Crippen LogP contribution in [0.25, 0.3) is 11.2 Å². The molecular weight excluding hydrogens is 390 g/mol. The Bertz CT molecular complexity index is 1080. The van der Waals surface area contributed by atoms with Gasteiger partial charge in [-0.1, -0.05) is 19.9 Å². The van der Waals surface area contributed by atoms with Crippen molar-refractivity contribution >= 4 is 22.9 Å². The first kappa shape index (κ1) is 21.2. The van der Waals surface area contributed by atoms with Crippen molar-refractivity contribution in [1.29, 1.82) is 0 Å². The fourth-order valence-electron chi connectivity index (χ4n) is 4.27. The number of nitrogens with zero attached hydrogens (tertiary/aromatic N) is 4. The Kier molecular flexibility index (Phi) is 6.11. The maximum absolute atomic E-state index is 12.9. The minimum Gasteiger partial charge on any atom is -0.495 e. The van der Waals surface area contributed by atoms with Gasteiger partial charge in [0.2, 0.25) is 0 Å². The Hall–Kier alpha value is -3.09. The topological polar surface area (TPSA) is 72.3 Å². The first-order chi connectivity index (χ1) is 14.9. The number of aromatic nitrogens is 3. The third kappa shape index (κ3) is 4.65. The molecule has 164 valence electrons. The van der Waals surface area contributed by atoms with E-state index in [1.54, 1.807) is 7.11 Å². The number of ether oxygens (including phenoxy) is 1. The number of benzene rings is 1. The highest BCUT2D eigenvalue weighted by atomic mass is 16.5. The summed E-state index contributed by atoms with van der Waals surface area (Å²) in [6.07, 6.45) is 3.64. The van der Waals surface area contributed by atoms with Crippen LogP contribution >= 0.6 is 0 Å². The normalized spacial score (nSPS) is 16.3. The third-order valence-electron chi connectivity index (χ3n) is 5.77. The average molecular weight is 422 g/mol. The van der Waals surface area contributed by atoms with Gasteiger partial charge in [-0.15, -0.1) is 0 Å². The molecule has 1 saturated heterocycles. The predicted octanol–water partition coefficient (Wildman–Crippen LogP) is 4.50. The van der Waals surface area contributed by atoms with E-state index >= 15 is 0 Å². The van der Waals surface area contributed by atoms with Gasteiger partial charge in [0.05, 0.1) is 12.8 Å². The summed E-state index contributed by atoms with van der Waals surface area (Å²) in [6.45, 7) is 8.77. The molecule has 2 amide bonds. The van der Waals surface area contributed by atoms with E-state index < -0.39 is 0 Å². The smallest absolute Gasteiger partial charge is 0.321 e. The Labute approximate surface area is 183 Å². The largest absolute Gasteiger partial charge is 0.495 e. The van der Waals surface area contributed by atoms with Crippen molar-refractivity contribution in [3.63, 3.8) is 0 Å². The standard InChI is InChI=1S/C24H31N5O2/c1-16(2)14-29-22(26-19-6-5-10-25-23(19)29)13-18-9-11-28(15-18)24(30)27-20-12-17(3)7-8-21(20)31-4/h5-8,10,12,16,18H,9,11,13-15H2,1-4H3,(H,27,30)/t18-/m1/s1. The predicted molar refractivity (Wildman–Crippen MR) is 122 cm³/mol. The summed E-state index contributed by atoms with van der Waals surface area (Å²) >= 11 is 0. The number of rotatable bonds is 6. The van der Waals surface area contributed by atoms with Gasteiger partial charge < -0.3 is 19.5 Å². The van der Waals surface area contributed by atoms with E-state index in [1.807, 2.05) is 48.4 Å². The van der Waals surface area contributed by atoms with Gasteiger partial charge in [-0.25, -0.2) is 14.8 Å². The van der Waals surface area contributed by atoms with Gasteiger partial charge in [0.1, 0.15) is 17.1 Å². The van der Waals surface area contributed by atoms with Crippen molar-refractivity contribution in [2.45, 2.75) is 40.2 Å². The Morgan fingerprint density at radius 3 is 2.94 bits per heavy atom. The molecule has 7 heteroatoms. The van der Waals surface area contributed by atoms with Crippen LogP contribution in [0.5, 0.6) is 5.75 Å². The highest BCUT2D eigenvalue weighted by Crippen LogP contribution is 2.28. The molecule has 3 aromatic rings. The van der Waals surface area contributed by atoms with E-state index in [1.165, 1.54) is 0 Å². The number of fused-ring (bicyclic) bond motifs is 1. The second kappa shape index (κ2) is 8.96. The number of carbonyl (C=O) groups is 1. The van der Waals surface area contributed by atoms with Crippen LogP contribution in [0.15, 0.2) is 36.5 Å². The lowest BCUT2D eigenvalue weighted by atomic mass is 10.0. The van der Waals surface area contributed by atoms with Gasteiger partial charge in [0.15, 0.2) is 5.65 Å². The summed E-state index contributed by atoms with van der Waals surface area (Å²) in [7, 11) is 1.62. The van der Waals surface area contributed by atoms with Gasteiger partial charge in [-0.05, 0) is 55.0 Å². The average Bonchev–Trinajstić information content (AvgIpc) is 3.33. The number of urea groups is 1. The third-order valence-corrected chi connectivity index (χ3v) is 5.77. The summed E-state index contributed by atoms with van der Waals surface area (Å²) in [5.74, 6) is 2.63. The summed E-state index contributed by atoms with van der Waals surface area (Å²) in [5, 5.41) is 3.02. The molecule has 4 rings (SSSR count). The zero-order valence-corrected chi connectivity index (χ0v) is 18.8. The first-order valence-corrected chi connectivity index (χ1v) is 10.9. The Morgan fingerprint density at radius 1 is 1.32 bits per heavy atom. The fourth-order valence-corrected chi connectivity index (χ4v) is 4.27. The van der Waals surface area contributed by atoms with Crippen molar-refractivity contribution in [2.75, 3.05) is 25.5 Å². The Balaban J connectivity index is 1.45. The molecule has 0 bridgehead atoms. The number of anilines is 1. The molecule has 1 aromatic carbocycles. The molecule has 7 nitrogen and oxygen atoms in total. The number of imidazole rings is 1.